The Morgan fingerprint density at radius 3 is 2.35 bits per heavy atom. The molecule has 0 spiro atoms. The molecule has 1 heterocycles. The van der Waals surface area contributed by atoms with Gasteiger partial charge in [-0.3, -0.25) is 0 Å². The van der Waals surface area contributed by atoms with Crippen molar-refractivity contribution in [3.05, 3.63) is 60.1 Å². The number of furan rings is 1. The van der Waals surface area contributed by atoms with E-state index in [1.165, 1.54) is 6.26 Å². The Hall–Kier alpha value is -1.75. The van der Waals surface area contributed by atoms with Crippen LogP contribution >= 0.6 is 0 Å². The van der Waals surface area contributed by atoms with E-state index in [9.17, 15) is 13.2 Å². The Kier molecular flexibility index (Phi) is 4.49. The van der Waals surface area contributed by atoms with Crippen LogP contribution in [0.3, 0.4) is 0 Å². The van der Waals surface area contributed by atoms with Crippen LogP contribution in [0.5, 0.6) is 0 Å². The summed E-state index contributed by atoms with van der Waals surface area (Å²) >= 11 is 0. The molecule has 5 heteroatoms. The number of rotatable bonds is 5. The SMILES string of the molecule is C[C@H](NC(CC(F)(F)F)c1ccccc1)c1ccco1. The molecule has 0 amide bonds. The lowest BCUT2D eigenvalue weighted by molar-refractivity contribution is -0.141. The second-order valence-electron chi connectivity index (χ2n) is 4.69. The van der Waals surface area contributed by atoms with Gasteiger partial charge in [-0.25, -0.2) is 0 Å². The van der Waals surface area contributed by atoms with E-state index in [2.05, 4.69) is 5.32 Å². The van der Waals surface area contributed by atoms with E-state index in [0.29, 0.717) is 11.3 Å². The molecule has 2 nitrogen and oxygen atoms in total. The second kappa shape index (κ2) is 6.13. The quantitative estimate of drug-likeness (QED) is 0.865. The summed E-state index contributed by atoms with van der Waals surface area (Å²) in [5.74, 6) is 0.619. The van der Waals surface area contributed by atoms with Gasteiger partial charge in [0.2, 0.25) is 0 Å². The summed E-state index contributed by atoms with van der Waals surface area (Å²) in [5, 5.41) is 2.98. The Morgan fingerprint density at radius 2 is 1.80 bits per heavy atom. The predicted molar refractivity (Wildman–Crippen MR) is 70.1 cm³/mol. The standard InChI is InChI=1S/C15H16F3NO/c1-11(14-8-5-9-20-14)19-13(10-15(16,17)18)12-6-3-2-4-7-12/h2-9,11,13,19H,10H2,1H3/t11-,13?/m0/s1. The summed E-state index contributed by atoms with van der Waals surface area (Å²) in [6, 6.07) is 11.0. The topological polar surface area (TPSA) is 25.2 Å². The van der Waals surface area contributed by atoms with Gasteiger partial charge in [0.15, 0.2) is 0 Å². The summed E-state index contributed by atoms with van der Waals surface area (Å²) in [5.41, 5.74) is 0.614. The fourth-order valence-corrected chi connectivity index (χ4v) is 2.11. The molecule has 20 heavy (non-hydrogen) atoms. The lowest BCUT2D eigenvalue weighted by atomic mass is 10.0. The fourth-order valence-electron chi connectivity index (χ4n) is 2.11. The molecule has 0 aliphatic carbocycles. The minimum absolute atomic E-state index is 0.294. The lowest BCUT2D eigenvalue weighted by Crippen LogP contribution is -2.28. The smallest absolute Gasteiger partial charge is 0.390 e. The first-order valence-corrected chi connectivity index (χ1v) is 6.37. The zero-order valence-corrected chi connectivity index (χ0v) is 11.0. The molecule has 0 radical (unpaired) electrons. The molecule has 0 aliphatic rings. The Balaban J connectivity index is 2.15. The van der Waals surface area contributed by atoms with E-state index < -0.39 is 18.6 Å². The van der Waals surface area contributed by atoms with E-state index >= 15 is 0 Å². The highest BCUT2D eigenvalue weighted by Crippen LogP contribution is 2.31. The first-order valence-electron chi connectivity index (χ1n) is 6.37. The van der Waals surface area contributed by atoms with Crippen molar-refractivity contribution >= 4 is 0 Å². The summed E-state index contributed by atoms with van der Waals surface area (Å²) in [6.07, 6.45) is -3.63. The van der Waals surface area contributed by atoms with Crippen LogP contribution in [-0.2, 0) is 0 Å². The largest absolute Gasteiger partial charge is 0.468 e. The second-order valence-corrected chi connectivity index (χ2v) is 4.69. The number of hydrogen-bond acceptors (Lipinski definition) is 2. The Morgan fingerprint density at radius 1 is 1.10 bits per heavy atom. The van der Waals surface area contributed by atoms with Gasteiger partial charge in [-0.2, -0.15) is 13.2 Å². The third-order valence-corrected chi connectivity index (χ3v) is 3.06. The number of alkyl halides is 3. The van der Waals surface area contributed by atoms with E-state index in [1.807, 2.05) is 0 Å². The number of nitrogens with one attached hydrogen (secondary N) is 1. The first kappa shape index (κ1) is 14.7. The molecule has 1 N–H and O–H groups in total. The van der Waals surface area contributed by atoms with Crippen LogP contribution in [0.25, 0.3) is 0 Å². The Labute approximate surface area is 115 Å². The van der Waals surface area contributed by atoms with Crippen LogP contribution < -0.4 is 5.32 Å². The van der Waals surface area contributed by atoms with Crippen molar-refractivity contribution in [3.63, 3.8) is 0 Å². The minimum Gasteiger partial charge on any atom is -0.468 e. The normalized spacial score (nSPS) is 15.0. The molecule has 0 saturated heterocycles. The molecule has 2 atom stereocenters. The first-order chi connectivity index (χ1) is 9.46. The maximum Gasteiger partial charge on any atom is 0.390 e. The van der Waals surface area contributed by atoms with Crippen molar-refractivity contribution in [2.24, 2.45) is 0 Å². The lowest BCUT2D eigenvalue weighted by Gasteiger charge is -2.24. The van der Waals surface area contributed by atoms with Gasteiger partial charge in [0.05, 0.1) is 18.7 Å². The van der Waals surface area contributed by atoms with Crippen molar-refractivity contribution in [2.75, 3.05) is 0 Å². The zero-order valence-electron chi connectivity index (χ0n) is 11.0. The van der Waals surface area contributed by atoms with Crippen molar-refractivity contribution < 1.29 is 17.6 Å². The van der Waals surface area contributed by atoms with Gasteiger partial charge < -0.3 is 9.73 Å². The van der Waals surface area contributed by atoms with E-state index in [0.717, 1.165) is 0 Å². The molecule has 2 rings (SSSR count). The monoisotopic (exact) mass is 283 g/mol. The third-order valence-electron chi connectivity index (χ3n) is 3.06. The maximum absolute atomic E-state index is 12.7. The molecule has 108 valence electrons. The predicted octanol–water partition coefficient (Wildman–Crippen LogP) is 4.62. The van der Waals surface area contributed by atoms with Crippen molar-refractivity contribution in [1.29, 1.82) is 0 Å². The molecule has 0 fully saturated rings. The van der Waals surface area contributed by atoms with Crippen LogP contribution in [0.15, 0.2) is 53.1 Å². The summed E-state index contributed by atoms with van der Waals surface area (Å²) in [7, 11) is 0. The van der Waals surface area contributed by atoms with Gasteiger partial charge in [-0.15, -0.1) is 0 Å². The molecule has 0 saturated carbocycles. The van der Waals surface area contributed by atoms with Crippen LogP contribution in [0.2, 0.25) is 0 Å². The number of benzene rings is 1. The Bertz CT molecular complexity index is 508. The molecule has 1 aromatic heterocycles. The summed E-state index contributed by atoms with van der Waals surface area (Å²) in [4.78, 5) is 0. The third kappa shape index (κ3) is 4.13. The van der Waals surface area contributed by atoms with E-state index in [4.69, 9.17) is 4.42 Å². The van der Waals surface area contributed by atoms with Crippen LogP contribution in [0.4, 0.5) is 13.2 Å². The molecule has 2 aromatic rings. The summed E-state index contributed by atoms with van der Waals surface area (Å²) in [6.45, 7) is 1.78. The van der Waals surface area contributed by atoms with Crippen molar-refractivity contribution in [1.82, 2.24) is 5.32 Å². The zero-order chi connectivity index (χ0) is 14.6. The average Bonchev–Trinajstić information content (AvgIpc) is 2.91. The van der Waals surface area contributed by atoms with Gasteiger partial charge in [-0.1, -0.05) is 30.3 Å². The van der Waals surface area contributed by atoms with Crippen LogP contribution in [0.1, 0.15) is 36.8 Å². The molecule has 1 aromatic carbocycles. The van der Waals surface area contributed by atoms with Crippen molar-refractivity contribution in [3.8, 4) is 0 Å². The highest BCUT2D eigenvalue weighted by molar-refractivity contribution is 5.20. The highest BCUT2D eigenvalue weighted by atomic mass is 19.4. The molecular formula is C15H16F3NO. The van der Waals surface area contributed by atoms with Gasteiger partial charge in [-0.05, 0) is 24.6 Å². The fraction of sp³-hybridized carbons (Fsp3) is 0.333. The maximum atomic E-state index is 12.7. The van der Waals surface area contributed by atoms with Gasteiger partial charge >= 0.3 is 6.18 Å². The molecule has 0 bridgehead atoms. The van der Waals surface area contributed by atoms with Crippen LogP contribution in [-0.4, -0.2) is 6.18 Å². The van der Waals surface area contributed by atoms with E-state index in [-0.39, 0.29) is 6.04 Å². The molecule has 1 unspecified atom stereocenters. The van der Waals surface area contributed by atoms with Gasteiger partial charge in [0.1, 0.15) is 5.76 Å². The number of halogens is 3. The number of hydrogen-bond donors (Lipinski definition) is 1. The van der Waals surface area contributed by atoms with Crippen LogP contribution in [0, 0.1) is 0 Å². The van der Waals surface area contributed by atoms with Crippen molar-refractivity contribution in [2.45, 2.75) is 31.6 Å². The minimum atomic E-state index is -4.23. The summed E-state index contributed by atoms with van der Waals surface area (Å²) < 4.78 is 43.4. The molecular weight excluding hydrogens is 267 g/mol. The van der Waals surface area contributed by atoms with Gasteiger partial charge in [0.25, 0.3) is 0 Å². The van der Waals surface area contributed by atoms with Gasteiger partial charge in [0, 0.05) is 6.04 Å². The highest BCUT2D eigenvalue weighted by Gasteiger charge is 2.33. The average molecular weight is 283 g/mol. The van der Waals surface area contributed by atoms with E-state index in [1.54, 1.807) is 49.4 Å². The molecule has 0 aliphatic heterocycles.